The molecule has 18 heavy (non-hydrogen) atoms. The van der Waals surface area contributed by atoms with E-state index < -0.39 is 0 Å². The molecule has 0 saturated heterocycles. The highest BCUT2D eigenvalue weighted by molar-refractivity contribution is 7.15. The summed E-state index contributed by atoms with van der Waals surface area (Å²) in [6.07, 6.45) is 0. The molecule has 1 aromatic carbocycles. The smallest absolute Gasteiger partial charge is 0.0719 e. The second-order valence-electron chi connectivity index (χ2n) is 4.14. The van der Waals surface area contributed by atoms with Gasteiger partial charge in [0.25, 0.3) is 0 Å². The van der Waals surface area contributed by atoms with Crippen LogP contribution in [0, 0.1) is 0 Å². The lowest BCUT2D eigenvalue weighted by Crippen LogP contribution is -2.10. The van der Waals surface area contributed by atoms with Crippen LogP contribution in [-0.2, 0) is 17.9 Å². The van der Waals surface area contributed by atoms with Gasteiger partial charge in [0.05, 0.1) is 6.61 Å². The summed E-state index contributed by atoms with van der Waals surface area (Å²) < 4.78 is 5.25. The number of hydrogen-bond acceptors (Lipinski definition) is 3. The zero-order valence-electron chi connectivity index (χ0n) is 10.9. The molecule has 0 unspecified atom stereocenters. The number of nitrogens with one attached hydrogen (secondary N) is 1. The van der Waals surface area contributed by atoms with Crippen LogP contribution in [0.5, 0.6) is 0 Å². The molecule has 0 fully saturated rings. The third kappa shape index (κ3) is 3.19. The summed E-state index contributed by atoms with van der Waals surface area (Å²) in [6, 6.07) is 12.8. The van der Waals surface area contributed by atoms with E-state index in [-0.39, 0.29) is 0 Å². The molecule has 0 saturated carbocycles. The lowest BCUT2D eigenvalue weighted by Gasteiger charge is -2.06. The number of methoxy groups -OCH3 is 1. The molecule has 0 amide bonds. The first-order valence-electron chi connectivity index (χ1n) is 6.21. The molecule has 2 aromatic rings. The van der Waals surface area contributed by atoms with E-state index in [0.717, 1.165) is 13.1 Å². The summed E-state index contributed by atoms with van der Waals surface area (Å²) in [5.41, 5.74) is 2.53. The summed E-state index contributed by atoms with van der Waals surface area (Å²) in [4.78, 5) is 2.69. The highest BCUT2D eigenvalue weighted by atomic mass is 32.1. The Bertz CT molecular complexity index is 493. The maximum atomic E-state index is 5.25. The SMILES string of the molecule is CCNCc1ccc(-c2ccccc2COC)s1. The molecule has 3 heteroatoms. The van der Waals surface area contributed by atoms with E-state index >= 15 is 0 Å². The average Bonchev–Trinajstić information content (AvgIpc) is 2.86. The fourth-order valence-corrected chi connectivity index (χ4v) is 2.95. The van der Waals surface area contributed by atoms with Crippen LogP contribution in [-0.4, -0.2) is 13.7 Å². The Morgan fingerprint density at radius 3 is 2.78 bits per heavy atom. The molecule has 2 nitrogen and oxygen atoms in total. The number of rotatable bonds is 6. The third-order valence-corrected chi connectivity index (χ3v) is 3.91. The van der Waals surface area contributed by atoms with Crippen LogP contribution in [0.15, 0.2) is 36.4 Å². The van der Waals surface area contributed by atoms with Crippen molar-refractivity contribution in [3.8, 4) is 10.4 Å². The molecule has 0 aliphatic carbocycles. The molecule has 1 heterocycles. The molecule has 0 bridgehead atoms. The zero-order valence-corrected chi connectivity index (χ0v) is 11.7. The summed E-state index contributed by atoms with van der Waals surface area (Å²) in [5.74, 6) is 0. The summed E-state index contributed by atoms with van der Waals surface area (Å²) in [6.45, 7) is 4.75. The molecule has 0 aliphatic rings. The van der Waals surface area contributed by atoms with Gasteiger partial charge in [-0.3, -0.25) is 0 Å². The highest BCUT2D eigenvalue weighted by Crippen LogP contribution is 2.31. The van der Waals surface area contributed by atoms with Crippen LogP contribution < -0.4 is 5.32 Å². The van der Waals surface area contributed by atoms with Crippen molar-refractivity contribution >= 4 is 11.3 Å². The Morgan fingerprint density at radius 2 is 2.00 bits per heavy atom. The molecule has 0 atom stereocenters. The topological polar surface area (TPSA) is 21.3 Å². The minimum absolute atomic E-state index is 0.663. The number of hydrogen-bond donors (Lipinski definition) is 1. The first-order valence-corrected chi connectivity index (χ1v) is 7.03. The Balaban J connectivity index is 2.22. The van der Waals surface area contributed by atoms with Crippen molar-refractivity contribution in [1.29, 1.82) is 0 Å². The Kier molecular flexibility index (Phi) is 4.93. The lowest BCUT2D eigenvalue weighted by atomic mass is 10.1. The molecule has 96 valence electrons. The predicted octanol–water partition coefficient (Wildman–Crippen LogP) is 3.67. The van der Waals surface area contributed by atoms with E-state index in [2.05, 4.69) is 48.6 Å². The van der Waals surface area contributed by atoms with Gasteiger partial charge in [0.2, 0.25) is 0 Å². The van der Waals surface area contributed by atoms with Crippen molar-refractivity contribution in [2.75, 3.05) is 13.7 Å². The van der Waals surface area contributed by atoms with Gasteiger partial charge in [0, 0.05) is 23.4 Å². The van der Waals surface area contributed by atoms with Gasteiger partial charge < -0.3 is 10.1 Å². The Morgan fingerprint density at radius 1 is 1.17 bits per heavy atom. The van der Waals surface area contributed by atoms with Gasteiger partial charge >= 0.3 is 0 Å². The predicted molar refractivity (Wildman–Crippen MR) is 77.8 cm³/mol. The minimum atomic E-state index is 0.663. The van der Waals surface area contributed by atoms with Gasteiger partial charge in [-0.15, -0.1) is 11.3 Å². The molecule has 1 N–H and O–H groups in total. The maximum absolute atomic E-state index is 5.25. The quantitative estimate of drug-likeness (QED) is 0.856. The van der Waals surface area contributed by atoms with Gasteiger partial charge in [-0.1, -0.05) is 31.2 Å². The largest absolute Gasteiger partial charge is 0.380 e. The van der Waals surface area contributed by atoms with Crippen molar-refractivity contribution in [3.05, 3.63) is 46.8 Å². The maximum Gasteiger partial charge on any atom is 0.0719 e. The molecule has 2 rings (SSSR count). The van der Waals surface area contributed by atoms with Gasteiger partial charge in [0.15, 0.2) is 0 Å². The van der Waals surface area contributed by atoms with E-state index in [1.54, 1.807) is 7.11 Å². The van der Waals surface area contributed by atoms with Crippen LogP contribution in [0.25, 0.3) is 10.4 Å². The number of benzene rings is 1. The molecule has 0 radical (unpaired) electrons. The fourth-order valence-electron chi connectivity index (χ4n) is 1.91. The average molecular weight is 261 g/mol. The van der Waals surface area contributed by atoms with Crippen molar-refractivity contribution in [2.45, 2.75) is 20.1 Å². The fraction of sp³-hybridized carbons (Fsp3) is 0.333. The molecular formula is C15H19NOS. The van der Waals surface area contributed by atoms with E-state index in [1.165, 1.54) is 20.9 Å². The van der Waals surface area contributed by atoms with Crippen molar-refractivity contribution in [3.63, 3.8) is 0 Å². The summed E-state index contributed by atoms with van der Waals surface area (Å²) >= 11 is 1.85. The van der Waals surface area contributed by atoms with Gasteiger partial charge in [-0.2, -0.15) is 0 Å². The van der Waals surface area contributed by atoms with Crippen molar-refractivity contribution < 1.29 is 4.74 Å². The van der Waals surface area contributed by atoms with Gasteiger partial charge in [-0.05, 0) is 29.8 Å². The third-order valence-electron chi connectivity index (χ3n) is 2.79. The van der Waals surface area contributed by atoms with Crippen LogP contribution in [0.3, 0.4) is 0 Å². The van der Waals surface area contributed by atoms with E-state index in [4.69, 9.17) is 4.74 Å². The highest BCUT2D eigenvalue weighted by Gasteiger charge is 2.07. The second-order valence-corrected chi connectivity index (χ2v) is 5.30. The van der Waals surface area contributed by atoms with E-state index in [0.29, 0.717) is 6.61 Å². The van der Waals surface area contributed by atoms with Crippen LogP contribution in [0.1, 0.15) is 17.4 Å². The number of thiophene rings is 1. The number of ether oxygens (including phenoxy) is 1. The minimum Gasteiger partial charge on any atom is -0.380 e. The Hall–Kier alpha value is -1.16. The van der Waals surface area contributed by atoms with Crippen LogP contribution >= 0.6 is 11.3 Å². The monoisotopic (exact) mass is 261 g/mol. The molecule has 1 aromatic heterocycles. The van der Waals surface area contributed by atoms with Gasteiger partial charge in [-0.25, -0.2) is 0 Å². The van der Waals surface area contributed by atoms with E-state index in [9.17, 15) is 0 Å². The standard InChI is InChI=1S/C15H19NOS/c1-3-16-10-13-8-9-15(18-13)14-7-5-4-6-12(14)11-17-2/h4-9,16H,3,10-11H2,1-2H3. The first kappa shape index (κ1) is 13.3. The summed E-state index contributed by atoms with van der Waals surface area (Å²) in [7, 11) is 1.74. The molecule has 0 spiro atoms. The van der Waals surface area contributed by atoms with Gasteiger partial charge in [0.1, 0.15) is 0 Å². The summed E-state index contributed by atoms with van der Waals surface area (Å²) in [5, 5.41) is 3.35. The Labute approximate surface area is 113 Å². The zero-order chi connectivity index (χ0) is 12.8. The van der Waals surface area contributed by atoms with E-state index in [1.807, 2.05) is 11.3 Å². The normalized spacial score (nSPS) is 10.8. The lowest BCUT2D eigenvalue weighted by molar-refractivity contribution is 0.185. The second kappa shape index (κ2) is 6.69. The first-order chi connectivity index (χ1) is 8.85. The molecule has 0 aliphatic heterocycles. The van der Waals surface area contributed by atoms with Crippen LogP contribution in [0.2, 0.25) is 0 Å². The van der Waals surface area contributed by atoms with Crippen LogP contribution in [0.4, 0.5) is 0 Å². The van der Waals surface area contributed by atoms with Crippen molar-refractivity contribution in [2.24, 2.45) is 0 Å². The van der Waals surface area contributed by atoms with Crippen molar-refractivity contribution in [1.82, 2.24) is 5.32 Å². The molecular weight excluding hydrogens is 242 g/mol.